The van der Waals surface area contributed by atoms with E-state index in [0.29, 0.717) is 12.6 Å². The molecule has 0 saturated carbocycles. The van der Waals surface area contributed by atoms with Gasteiger partial charge in [0.05, 0.1) is 5.41 Å². The van der Waals surface area contributed by atoms with Gasteiger partial charge in [0.25, 0.3) is 0 Å². The molecule has 2 atom stereocenters. The van der Waals surface area contributed by atoms with Crippen LogP contribution < -0.4 is 11.1 Å². The van der Waals surface area contributed by atoms with E-state index in [9.17, 15) is 9.90 Å². The van der Waals surface area contributed by atoms with Crippen molar-refractivity contribution < 1.29 is 14.6 Å². The molecule has 5 heteroatoms. The Kier molecular flexibility index (Phi) is 15.9. The average molecular weight is 387 g/mol. The Morgan fingerprint density at radius 2 is 1.70 bits per heavy atom. The number of carbonyl (C=O) groups excluding carboxylic acids is 1. The average Bonchev–Trinajstić information content (AvgIpc) is 2.63. The van der Waals surface area contributed by atoms with Gasteiger partial charge in [0.2, 0.25) is 0 Å². The molecular weight excluding hydrogens is 340 g/mol. The van der Waals surface area contributed by atoms with Crippen LogP contribution in [0.5, 0.6) is 0 Å². The van der Waals surface area contributed by atoms with Gasteiger partial charge in [-0.2, -0.15) is 0 Å². The van der Waals surface area contributed by atoms with E-state index in [-0.39, 0.29) is 12.6 Å². The second kappa shape index (κ2) is 16.3. The zero-order valence-corrected chi connectivity index (χ0v) is 18.4. The predicted molar refractivity (Wildman–Crippen MR) is 114 cm³/mol. The first-order chi connectivity index (χ1) is 12.8. The first-order valence-corrected chi connectivity index (χ1v) is 11.1. The first-order valence-electron chi connectivity index (χ1n) is 11.1. The summed E-state index contributed by atoms with van der Waals surface area (Å²) in [5.41, 5.74) is 5.01. The molecule has 0 amide bonds. The van der Waals surface area contributed by atoms with Crippen LogP contribution in [0, 0.1) is 5.41 Å². The van der Waals surface area contributed by atoms with Gasteiger partial charge >= 0.3 is 5.97 Å². The topological polar surface area (TPSA) is 84.6 Å². The third-order valence-electron chi connectivity index (χ3n) is 5.16. The quantitative estimate of drug-likeness (QED) is 0.243. The molecule has 0 bridgehead atoms. The highest BCUT2D eigenvalue weighted by Crippen LogP contribution is 2.26. The van der Waals surface area contributed by atoms with Gasteiger partial charge < -0.3 is 20.9 Å². The second-order valence-corrected chi connectivity index (χ2v) is 8.60. The van der Waals surface area contributed by atoms with Crippen molar-refractivity contribution in [3.05, 3.63) is 0 Å². The minimum absolute atomic E-state index is 0.0573. The molecule has 0 fully saturated rings. The largest absolute Gasteiger partial charge is 0.462 e. The molecule has 0 aliphatic heterocycles. The van der Waals surface area contributed by atoms with E-state index in [1.54, 1.807) is 0 Å². The summed E-state index contributed by atoms with van der Waals surface area (Å²) in [6, 6.07) is 0.329. The number of hydrogen-bond acceptors (Lipinski definition) is 5. The number of aliphatic hydroxyl groups excluding tert-OH is 1. The molecule has 27 heavy (non-hydrogen) atoms. The van der Waals surface area contributed by atoms with Crippen molar-refractivity contribution in [1.82, 2.24) is 5.32 Å². The van der Waals surface area contributed by atoms with Gasteiger partial charge in [0.1, 0.15) is 12.7 Å². The maximum absolute atomic E-state index is 12.3. The number of aliphatic hydroxyl groups is 1. The summed E-state index contributed by atoms with van der Waals surface area (Å²) in [6.07, 6.45) is 12.0. The smallest absolute Gasteiger partial charge is 0.311 e. The molecule has 0 aliphatic carbocycles. The fourth-order valence-corrected chi connectivity index (χ4v) is 3.09. The Labute approximate surface area is 167 Å². The first kappa shape index (κ1) is 26.4. The molecule has 0 heterocycles. The molecule has 0 aliphatic rings. The van der Waals surface area contributed by atoms with E-state index in [0.717, 1.165) is 38.6 Å². The lowest BCUT2D eigenvalue weighted by Gasteiger charge is -2.24. The van der Waals surface area contributed by atoms with Crippen LogP contribution in [0.2, 0.25) is 0 Å². The van der Waals surface area contributed by atoms with Gasteiger partial charge in [-0.25, -0.2) is 0 Å². The van der Waals surface area contributed by atoms with Crippen molar-refractivity contribution in [3.8, 4) is 0 Å². The van der Waals surface area contributed by atoms with E-state index >= 15 is 0 Å². The summed E-state index contributed by atoms with van der Waals surface area (Å²) in [5, 5.41) is 13.3. The molecule has 0 saturated heterocycles. The van der Waals surface area contributed by atoms with Gasteiger partial charge in [-0.1, -0.05) is 58.3 Å². The Bertz CT molecular complexity index is 361. The van der Waals surface area contributed by atoms with E-state index in [4.69, 9.17) is 10.5 Å². The molecule has 162 valence electrons. The molecule has 5 nitrogen and oxygen atoms in total. The van der Waals surface area contributed by atoms with E-state index < -0.39 is 11.5 Å². The molecule has 0 spiro atoms. The maximum Gasteiger partial charge on any atom is 0.311 e. The molecule has 0 aromatic rings. The molecule has 0 radical (unpaired) electrons. The van der Waals surface area contributed by atoms with Crippen LogP contribution in [0.1, 0.15) is 98.3 Å². The van der Waals surface area contributed by atoms with Crippen molar-refractivity contribution in [1.29, 1.82) is 0 Å². The Hall–Kier alpha value is -0.650. The predicted octanol–water partition coefficient (Wildman–Crippen LogP) is 4.16. The van der Waals surface area contributed by atoms with Crippen molar-refractivity contribution in [2.75, 3.05) is 19.7 Å². The van der Waals surface area contributed by atoms with Crippen molar-refractivity contribution in [2.45, 2.75) is 110 Å². The number of rotatable bonds is 18. The Morgan fingerprint density at radius 3 is 2.33 bits per heavy atom. The van der Waals surface area contributed by atoms with Crippen LogP contribution in [-0.4, -0.2) is 42.9 Å². The highest BCUT2D eigenvalue weighted by molar-refractivity contribution is 5.75. The standard InChI is InChI=1S/C22H46N2O3/c1-5-6-7-8-9-10-12-15-22(3,4)21(26)27-18-20(25)17-24-19(2)14-11-13-16-23/h19-20,24-25H,5-18,23H2,1-4H3. The molecule has 0 aromatic heterocycles. The summed E-state index contributed by atoms with van der Waals surface area (Å²) in [6.45, 7) is 9.43. The van der Waals surface area contributed by atoms with Gasteiger partial charge in [-0.05, 0) is 46.6 Å². The number of nitrogens with two attached hydrogens (primary N) is 1. The number of esters is 1. The molecule has 0 rings (SSSR count). The fraction of sp³-hybridized carbons (Fsp3) is 0.955. The minimum Gasteiger partial charge on any atom is -0.462 e. The maximum atomic E-state index is 12.3. The van der Waals surface area contributed by atoms with E-state index in [1.807, 2.05) is 13.8 Å². The Morgan fingerprint density at radius 1 is 1.07 bits per heavy atom. The molecular formula is C22H46N2O3. The third-order valence-corrected chi connectivity index (χ3v) is 5.16. The summed E-state index contributed by atoms with van der Waals surface area (Å²) in [5.74, 6) is -0.205. The summed E-state index contributed by atoms with van der Waals surface area (Å²) < 4.78 is 5.36. The summed E-state index contributed by atoms with van der Waals surface area (Å²) in [7, 11) is 0. The zero-order chi connectivity index (χ0) is 20.5. The number of ether oxygens (including phenoxy) is 1. The number of hydrogen-bond donors (Lipinski definition) is 3. The van der Waals surface area contributed by atoms with Crippen LogP contribution in [0.25, 0.3) is 0 Å². The number of nitrogens with one attached hydrogen (secondary N) is 1. The Balaban J connectivity index is 3.86. The number of unbranched alkanes of at least 4 members (excludes halogenated alkanes) is 7. The normalized spacial score (nSPS) is 14.1. The van der Waals surface area contributed by atoms with Crippen LogP contribution in [0.15, 0.2) is 0 Å². The van der Waals surface area contributed by atoms with Crippen LogP contribution in [-0.2, 0) is 9.53 Å². The minimum atomic E-state index is -0.666. The van der Waals surface area contributed by atoms with E-state index in [2.05, 4.69) is 19.2 Å². The lowest BCUT2D eigenvalue weighted by Crippen LogP contribution is -2.37. The molecule has 4 N–H and O–H groups in total. The van der Waals surface area contributed by atoms with Gasteiger partial charge in [-0.3, -0.25) is 4.79 Å². The lowest BCUT2D eigenvalue weighted by molar-refractivity contribution is -0.157. The zero-order valence-electron chi connectivity index (χ0n) is 18.4. The van der Waals surface area contributed by atoms with Crippen LogP contribution >= 0.6 is 0 Å². The van der Waals surface area contributed by atoms with Crippen LogP contribution in [0.3, 0.4) is 0 Å². The van der Waals surface area contributed by atoms with Crippen LogP contribution in [0.4, 0.5) is 0 Å². The van der Waals surface area contributed by atoms with Crippen molar-refractivity contribution in [2.24, 2.45) is 11.1 Å². The van der Waals surface area contributed by atoms with Crippen molar-refractivity contribution in [3.63, 3.8) is 0 Å². The van der Waals surface area contributed by atoms with Gasteiger partial charge in [0, 0.05) is 12.6 Å². The molecule has 2 unspecified atom stereocenters. The lowest BCUT2D eigenvalue weighted by atomic mass is 9.87. The van der Waals surface area contributed by atoms with Crippen molar-refractivity contribution >= 4 is 5.97 Å². The number of carbonyl (C=O) groups is 1. The third kappa shape index (κ3) is 15.0. The monoisotopic (exact) mass is 386 g/mol. The van der Waals surface area contributed by atoms with Gasteiger partial charge in [-0.15, -0.1) is 0 Å². The molecule has 0 aromatic carbocycles. The highest BCUT2D eigenvalue weighted by atomic mass is 16.5. The summed E-state index contributed by atoms with van der Waals surface area (Å²) >= 11 is 0. The fourth-order valence-electron chi connectivity index (χ4n) is 3.09. The van der Waals surface area contributed by atoms with E-state index in [1.165, 1.54) is 38.5 Å². The van der Waals surface area contributed by atoms with Gasteiger partial charge in [0.15, 0.2) is 0 Å². The SMILES string of the molecule is CCCCCCCCCC(C)(C)C(=O)OCC(O)CNC(C)CCCCN. The highest BCUT2D eigenvalue weighted by Gasteiger charge is 2.29. The second-order valence-electron chi connectivity index (χ2n) is 8.60. The summed E-state index contributed by atoms with van der Waals surface area (Å²) in [4.78, 5) is 12.3.